The molecular formula is C12H18F3N3O2. The van der Waals surface area contributed by atoms with E-state index in [1.807, 2.05) is 0 Å². The summed E-state index contributed by atoms with van der Waals surface area (Å²) in [7, 11) is 0. The van der Waals surface area contributed by atoms with Crippen molar-refractivity contribution in [1.29, 1.82) is 0 Å². The Labute approximate surface area is 115 Å². The summed E-state index contributed by atoms with van der Waals surface area (Å²) >= 11 is 0. The number of hydrogen-bond acceptors (Lipinski definition) is 5. The molecule has 5 nitrogen and oxygen atoms in total. The smallest absolute Gasteiger partial charge is 0.351 e. The zero-order valence-corrected chi connectivity index (χ0v) is 11.3. The summed E-state index contributed by atoms with van der Waals surface area (Å²) in [6.07, 6.45) is -3.24. The maximum absolute atomic E-state index is 13.0. The molecule has 1 heterocycles. The van der Waals surface area contributed by atoms with Gasteiger partial charge in [0.1, 0.15) is 0 Å². The van der Waals surface area contributed by atoms with Crippen LogP contribution < -0.4 is 11.3 Å². The maximum atomic E-state index is 13.0. The Balaban J connectivity index is 3.17. The van der Waals surface area contributed by atoms with Gasteiger partial charge in [0.25, 0.3) is 0 Å². The second kappa shape index (κ2) is 7.53. The van der Waals surface area contributed by atoms with Gasteiger partial charge in [0.05, 0.1) is 11.6 Å². The van der Waals surface area contributed by atoms with Crippen molar-refractivity contribution in [2.75, 3.05) is 13.2 Å². The molecule has 114 valence electrons. The highest BCUT2D eigenvalue weighted by Gasteiger charge is 2.37. The second-order valence-electron chi connectivity index (χ2n) is 3.88. The van der Waals surface area contributed by atoms with Gasteiger partial charge in [-0.15, -0.1) is 0 Å². The molecule has 0 aliphatic heterocycles. The van der Waals surface area contributed by atoms with E-state index in [2.05, 4.69) is 10.4 Å². The predicted octanol–water partition coefficient (Wildman–Crippen LogP) is 2.00. The number of pyridine rings is 1. The van der Waals surface area contributed by atoms with Crippen molar-refractivity contribution in [3.05, 3.63) is 29.6 Å². The highest BCUT2D eigenvalue weighted by molar-refractivity contribution is 5.29. The van der Waals surface area contributed by atoms with Crippen LogP contribution in [-0.2, 0) is 15.7 Å². The molecule has 0 bridgehead atoms. The molecule has 0 saturated carbocycles. The number of nitrogens with zero attached hydrogens (tertiary/aromatic N) is 1. The minimum absolute atomic E-state index is 0.116. The van der Waals surface area contributed by atoms with Crippen molar-refractivity contribution in [3.8, 4) is 0 Å². The largest absolute Gasteiger partial charge is 0.416 e. The first-order valence-electron chi connectivity index (χ1n) is 6.16. The molecule has 1 atom stereocenters. The first-order valence-corrected chi connectivity index (χ1v) is 6.16. The van der Waals surface area contributed by atoms with Crippen molar-refractivity contribution in [3.63, 3.8) is 0 Å². The molecule has 8 heteroatoms. The molecule has 1 aromatic rings. The summed E-state index contributed by atoms with van der Waals surface area (Å²) in [5.41, 5.74) is 1.37. The molecule has 0 radical (unpaired) electrons. The molecule has 0 fully saturated rings. The van der Waals surface area contributed by atoms with Gasteiger partial charge in [0, 0.05) is 31.2 Å². The molecule has 0 spiro atoms. The normalized spacial score (nSPS) is 13.8. The van der Waals surface area contributed by atoms with Crippen LogP contribution in [0.2, 0.25) is 0 Å². The number of aromatic nitrogens is 1. The third kappa shape index (κ3) is 4.14. The van der Waals surface area contributed by atoms with Gasteiger partial charge in [-0.2, -0.15) is 13.2 Å². The average Bonchev–Trinajstić information content (AvgIpc) is 2.39. The van der Waals surface area contributed by atoms with Crippen LogP contribution in [0.25, 0.3) is 0 Å². The van der Waals surface area contributed by atoms with Crippen LogP contribution in [-0.4, -0.2) is 24.5 Å². The van der Waals surface area contributed by atoms with Crippen LogP contribution in [0.5, 0.6) is 0 Å². The Bertz CT molecular complexity index is 409. The van der Waals surface area contributed by atoms with Gasteiger partial charge in [-0.25, -0.2) is 5.43 Å². The molecule has 0 amide bonds. The fraction of sp³-hybridized carbons (Fsp3) is 0.583. The first kappa shape index (κ1) is 16.8. The molecule has 0 aliphatic carbocycles. The fourth-order valence-corrected chi connectivity index (χ4v) is 1.80. The topological polar surface area (TPSA) is 69.4 Å². The van der Waals surface area contributed by atoms with Gasteiger partial charge in [0.15, 0.2) is 6.29 Å². The van der Waals surface area contributed by atoms with Gasteiger partial charge >= 0.3 is 6.18 Å². The van der Waals surface area contributed by atoms with Crippen LogP contribution >= 0.6 is 0 Å². The summed E-state index contributed by atoms with van der Waals surface area (Å²) in [6, 6.07) is -0.0746. The standard InChI is InChI=1S/C12H18F3N3O2/c1-3-19-11(20-4-2)10(18-16)8-7-17-6-5-9(8)12(13,14)15/h5-7,10-11,18H,3-4,16H2,1-2H3. The number of nitrogens with one attached hydrogen (secondary N) is 1. The summed E-state index contributed by atoms with van der Waals surface area (Å²) < 4.78 is 49.6. The molecule has 1 unspecified atom stereocenters. The van der Waals surface area contributed by atoms with Crippen LogP contribution in [0.3, 0.4) is 0 Å². The number of alkyl halides is 3. The van der Waals surface area contributed by atoms with E-state index in [0.717, 1.165) is 18.5 Å². The van der Waals surface area contributed by atoms with Gasteiger partial charge in [-0.1, -0.05) is 0 Å². The van der Waals surface area contributed by atoms with E-state index in [0.29, 0.717) is 0 Å². The molecule has 0 aromatic carbocycles. The lowest BCUT2D eigenvalue weighted by Crippen LogP contribution is -2.40. The Morgan fingerprint density at radius 1 is 1.30 bits per heavy atom. The number of halogens is 3. The maximum Gasteiger partial charge on any atom is 0.416 e. The zero-order valence-electron chi connectivity index (χ0n) is 11.3. The monoisotopic (exact) mass is 293 g/mol. The van der Waals surface area contributed by atoms with Gasteiger partial charge in [0.2, 0.25) is 0 Å². The molecule has 0 aliphatic rings. The highest BCUT2D eigenvalue weighted by Crippen LogP contribution is 2.35. The van der Waals surface area contributed by atoms with E-state index in [-0.39, 0.29) is 18.8 Å². The first-order chi connectivity index (χ1) is 9.45. The number of ether oxygens (including phenoxy) is 2. The Morgan fingerprint density at radius 2 is 1.90 bits per heavy atom. The van der Waals surface area contributed by atoms with Crippen LogP contribution in [0.4, 0.5) is 13.2 Å². The SMILES string of the molecule is CCOC(OCC)C(NN)c1cnccc1C(F)(F)F. The average molecular weight is 293 g/mol. The van der Waals surface area contributed by atoms with E-state index in [4.69, 9.17) is 15.3 Å². The lowest BCUT2D eigenvalue weighted by molar-refractivity contribution is -0.159. The van der Waals surface area contributed by atoms with Gasteiger partial charge in [-0.05, 0) is 19.9 Å². The molecule has 1 rings (SSSR count). The quantitative estimate of drug-likeness (QED) is 0.457. The van der Waals surface area contributed by atoms with Crippen molar-refractivity contribution in [2.24, 2.45) is 5.84 Å². The van der Waals surface area contributed by atoms with Crippen molar-refractivity contribution < 1.29 is 22.6 Å². The van der Waals surface area contributed by atoms with Crippen molar-refractivity contribution in [2.45, 2.75) is 32.4 Å². The number of rotatable bonds is 7. The van der Waals surface area contributed by atoms with Gasteiger partial charge in [-0.3, -0.25) is 10.8 Å². The van der Waals surface area contributed by atoms with E-state index in [1.165, 1.54) is 0 Å². The predicted molar refractivity (Wildman–Crippen MR) is 66.3 cm³/mol. The van der Waals surface area contributed by atoms with E-state index in [9.17, 15) is 13.2 Å². The summed E-state index contributed by atoms with van der Waals surface area (Å²) in [6.45, 7) is 4.00. The summed E-state index contributed by atoms with van der Waals surface area (Å²) in [5.74, 6) is 5.37. The van der Waals surface area contributed by atoms with Crippen LogP contribution in [0.1, 0.15) is 31.0 Å². The second-order valence-corrected chi connectivity index (χ2v) is 3.88. The van der Waals surface area contributed by atoms with Crippen molar-refractivity contribution >= 4 is 0 Å². The van der Waals surface area contributed by atoms with E-state index >= 15 is 0 Å². The third-order valence-electron chi connectivity index (χ3n) is 2.61. The fourth-order valence-electron chi connectivity index (χ4n) is 1.80. The molecule has 20 heavy (non-hydrogen) atoms. The minimum atomic E-state index is -4.50. The number of hydrogen-bond donors (Lipinski definition) is 2. The summed E-state index contributed by atoms with van der Waals surface area (Å²) in [4.78, 5) is 3.72. The Hall–Kier alpha value is -1.22. The lowest BCUT2D eigenvalue weighted by atomic mass is 10.0. The Kier molecular flexibility index (Phi) is 6.34. The molecule has 3 N–H and O–H groups in total. The zero-order chi connectivity index (χ0) is 15.2. The van der Waals surface area contributed by atoms with Crippen molar-refractivity contribution in [1.82, 2.24) is 10.4 Å². The lowest BCUT2D eigenvalue weighted by Gasteiger charge is -2.28. The van der Waals surface area contributed by atoms with E-state index in [1.54, 1.807) is 13.8 Å². The Morgan fingerprint density at radius 3 is 2.35 bits per heavy atom. The molecular weight excluding hydrogens is 275 g/mol. The van der Waals surface area contributed by atoms with Crippen LogP contribution in [0, 0.1) is 0 Å². The van der Waals surface area contributed by atoms with Crippen LogP contribution in [0.15, 0.2) is 18.5 Å². The molecule has 0 saturated heterocycles. The minimum Gasteiger partial charge on any atom is -0.351 e. The number of hydrazine groups is 1. The van der Waals surface area contributed by atoms with E-state index < -0.39 is 24.1 Å². The molecule has 1 aromatic heterocycles. The summed E-state index contributed by atoms with van der Waals surface area (Å²) in [5, 5.41) is 0. The number of nitrogens with two attached hydrogens (primary N) is 1. The third-order valence-corrected chi connectivity index (χ3v) is 2.61. The highest BCUT2D eigenvalue weighted by atomic mass is 19.4. The van der Waals surface area contributed by atoms with Gasteiger partial charge < -0.3 is 9.47 Å².